The number of anilines is 1. The number of carbonyl (C=O) groups is 1. The Morgan fingerprint density at radius 2 is 2.21 bits per heavy atom. The summed E-state index contributed by atoms with van der Waals surface area (Å²) in [7, 11) is 0. The molecule has 2 N–H and O–H groups in total. The number of aromatic nitrogens is 2. The molecule has 1 aromatic rings. The zero-order valence-corrected chi connectivity index (χ0v) is 11.4. The average Bonchev–Trinajstić information content (AvgIpc) is 2.36. The topological polar surface area (TPSA) is 78.1 Å². The maximum atomic E-state index is 11.4. The van der Waals surface area contributed by atoms with Crippen LogP contribution < -0.4 is 15.8 Å². The fraction of sp³-hybridized carbons (Fsp3) is 0.615. The first kappa shape index (κ1) is 13.6. The highest BCUT2D eigenvalue weighted by molar-refractivity contribution is 5.72. The molecule has 0 aromatic carbocycles. The summed E-state index contributed by atoms with van der Waals surface area (Å²) in [4.78, 5) is 31.4. The Kier molecular flexibility index (Phi) is 4.19. The normalized spacial score (nSPS) is 16.4. The van der Waals surface area contributed by atoms with Crippen LogP contribution >= 0.6 is 0 Å². The SMILES string of the molecule is CC(=O)NCC1CCN(c2cc(=O)[nH]c(C)n2)CC1. The van der Waals surface area contributed by atoms with Crippen LogP contribution in [-0.4, -0.2) is 35.5 Å². The van der Waals surface area contributed by atoms with E-state index in [1.54, 1.807) is 13.0 Å². The number of amides is 1. The van der Waals surface area contributed by atoms with Gasteiger partial charge in [0.05, 0.1) is 0 Å². The maximum absolute atomic E-state index is 11.4. The Morgan fingerprint density at radius 1 is 1.53 bits per heavy atom. The van der Waals surface area contributed by atoms with Crippen molar-refractivity contribution in [3.63, 3.8) is 0 Å². The van der Waals surface area contributed by atoms with Gasteiger partial charge in [0.2, 0.25) is 5.91 Å². The lowest BCUT2D eigenvalue weighted by atomic mass is 9.97. The van der Waals surface area contributed by atoms with Gasteiger partial charge in [-0.1, -0.05) is 0 Å². The molecule has 6 heteroatoms. The van der Waals surface area contributed by atoms with Crippen molar-refractivity contribution in [2.75, 3.05) is 24.5 Å². The second kappa shape index (κ2) is 5.86. The summed E-state index contributed by atoms with van der Waals surface area (Å²) >= 11 is 0. The quantitative estimate of drug-likeness (QED) is 0.830. The van der Waals surface area contributed by atoms with Crippen LogP contribution in [0.1, 0.15) is 25.6 Å². The number of H-pyrrole nitrogens is 1. The van der Waals surface area contributed by atoms with Crippen LogP contribution in [0, 0.1) is 12.8 Å². The van der Waals surface area contributed by atoms with Crippen molar-refractivity contribution >= 4 is 11.7 Å². The molecule has 1 aliphatic heterocycles. The Morgan fingerprint density at radius 3 is 2.79 bits per heavy atom. The van der Waals surface area contributed by atoms with Gasteiger partial charge in [0, 0.05) is 32.6 Å². The van der Waals surface area contributed by atoms with Crippen molar-refractivity contribution in [1.29, 1.82) is 0 Å². The fourth-order valence-corrected chi connectivity index (χ4v) is 2.38. The monoisotopic (exact) mass is 264 g/mol. The number of aryl methyl sites for hydroxylation is 1. The standard InChI is InChI=1S/C13H20N4O2/c1-9-15-12(7-13(19)16-9)17-5-3-11(4-6-17)8-14-10(2)18/h7,11H,3-6,8H2,1-2H3,(H,14,18)(H,15,16,19). The molecular weight excluding hydrogens is 244 g/mol. The summed E-state index contributed by atoms with van der Waals surface area (Å²) < 4.78 is 0. The Bertz CT molecular complexity index is 504. The van der Waals surface area contributed by atoms with E-state index in [0.717, 1.165) is 38.3 Å². The second-order valence-corrected chi connectivity index (χ2v) is 5.06. The molecule has 0 saturated carbocycles. The summed E-state index contributed by atoms with van der Waals surface area (Å²) in [6, 6.07) is 1.54. The number of piperidine rings is 1. The number of nitrogens with one attached hydrogen (secondary N) is 2. The second-order valence-electron chi connectivity index (χ2n) is 5.06. The van der Waals surface area contributed by atoms with Crippen molar-refractivity contribution in [3.05, 3.63) is 22.2 Å². The molecule has 2 heterocycles. The van der Waals surface area contributed by atoms with Crippen LogP contribution in [0.3, 0.4) is 0 Å². The average molecular weight is 264 g/mol. The molecule has 1 aromatic heterocycles. The van der Waals surface area contributed by atoms with Gasteiger partial charge in [-0.05, 0) is 25.7 Å². The number of hydrogen-bond acceptors (Lipinski definition) is 4. The summed E-state index contributed by atoms with van der Waals surface area (Å²) in [6.45, 7) is 5.82. The lowest BCUT2D eigenvalue weighted by Gasteiger charge is -2.32. The zero-order valence-electron chi connectivity index (χ0n) is 11.4. The van der Waals surface area contributed by atoms with Gasteiger partial charge in [0.15, 0.2) is 0 Å². The lowest BCUT2D eigenvalue weighted by Crippen LogP contribution is -2.39. The molecule has 104 valence electrons. The van der Waals surface area contributed by atoms with E-state index in [2.05, 4.69) is 20.2 Å². The lowest BCUT2D eigenvalue weighted by molar-refractivity contribution is -0.119. The van der Waals surface area contributed by atoms with Gasteiger partial charge in [-0.15, -0.1) is 0 Å². The van der Waals surface area contributed by atoms with Gasteiger partial charge in [0.25, 0.3) is 5.56 Å². The molecule has 0 unspecified atom stereocenters. The van der Waals surface area contributed by atoms with Gasteiger partial charge in [-0.25, -0.2) is 4.98 Å². The van der Waals surface area contributed by atoms with Crippen molar-refractivity contribution in [1.82, 2.24) is 15.3 Å². The van der Waals surface area contributed by atoms with E-state index < -0.39 is 0 Å². The summed E-state index contributed by atoms with van der Waals surface area (Å²) in [5.74, 6) is 1.93. The van der Waals surface area contributed by atoms with Crippen molar-refractivity contribution in [2.24, 2.45) is 5.92 Å². The minimum absolute atomic E-state index is 0.0225. The van der Waals surface area contributed by atoms with E-state index >= 15 is 0 Å². The highest BCUT2D eigenvalue weighted by Crippen LogP contribution is 2.20. The van der Waals surface area contributed by atoms with Crippen LogP contribution in [0.5, 0.6) is 0 Å². The molecule has 1 saturated heterocycles. The molecular formula is C13H20N4O2. The zero-order chi connectivity index (χ0) is 13.8. The van der Waals surface area contributed by atoms with E-state index in [4.69, 9.17) is 0 Å². The third-order valence-electron chi connectivity index (χ3n) is 3.42. The molecule has 1 fully saturated rings. The van der Waals surface area contributed by atoms with Crippen molar-refractivity contribution in [3.8, 4) is 0 Å². The molecule has 0 spiro atoms. The van der Waals surface area contributed by atoms with Gasteiger partial charge in [0.1, 0.15) is 11.6 Å². The molecule has 2 rings (SSSR count). The highest BCUT2D eigenvalue weighted by atomic mass is 16.1. The molecule has 1 amide bonds. The van der Waals surface area contributed by atoms with Gasteiger partial charge >= 0.3 is 0 Å². The van der Waals surface area contributed by atoms with Gasteiger partial charge < -0.3 is 15.2 Å². The first-order valence-corrected chi connectivity index (χ1v) is 6.62. The van der Waals surface area contributed by atoms with E-state index in [9.17, 15) is 9.59 Å². The summed E-state index contributed by atoms with van der Waals surface area (Å²) in [6.07, 6.45) is 2.02. The molecule has 19 heavy (non-hydrogen) atoms. The van der Waals surface area contributed by atoms with Crippen molar-refractivity contribution in [2.45, 2.75) is 26.7 Å². The predicted molar refractivity (Wildman–Crippen MR) is 73.2 cm³/mol. The van der Waals surface area contributed by atoms with Crippen molar-refractivity contribution < 1.29 is 4.79 Å². The molecule has 6 nitrogen and oxygen atoms in total. The third kappa shape index (κ3) is 3.81. The third-order valence-corrected chi connectivity index (χ3v) is 3.42. The van der Waals surface area contributed by atoms with Crippen LogP contribution in [0.4, 0.5) is 5.82 Å². The maximum Gasteiger partial charge on any atom is 0.252 e. The van der Waals surface area contributed by atoms with E-state index in [-0.39, 0.29) is 11.5 Å². The minimum atomic E-state index is -0.108. The van der Waals surface area contributed by atoms with Crippen LogP contribution in [0.15, 0.2) is 10.9 Å². The number of rotatable bonds is 3. The van der Waals surface area contributed by atoms with Crippen LogP contribution in [0.25, 0.3) is 0 Å². The van der Waals surface area contributed by atoms with E-state index in [1.165, 1.54) is 6.92 Å². The Labute approximate surface area is 112 Å². The molecule has 1 aliphatic rings. The van der Waals surface area contributed by atoms with E-state index in [0.29, 0.717) is 11.7 Å². The largest absolute Gasteiger partial charge is 0.356 e. The van der Waals surface area contributed by atoms with E-state index in [1.807, 2.05) is 0 Å². The Balaban J connectivity index is 1.92. The minimum Gasteiger partial charge on any atom is -0.356 e. The Hall–Kier alpha value is -1.85. The highest BCUT2D eigenvalue weighted by Gasteiger charge is 2.20. The molecule has 0 radical (unpaired) electrons. The first-order valence-electron chi connectivity index (χ1n) is 6.62. The van der Waals surface area contributed by atoms with Gasteiger partial charge in [-0.2, -0.15) is 0 Å². The fourth-order valence-electron chi connectivity index (χ4n) is 2.38. The van der Waals surface area contributed by atoms with Crippen LogP contribution in [-0.2, 0) is 4.79 Å². The summed E-state index contributed by atoms with van der Waals surface area (Å²) in [5.41, 5.74) is -0.108. The number of carbonyl (C=O) groups excluding carboxylic acids is 1. The first-order chi connectivity index (χ1) is 9.04. The number of aromatic amines is 1. The molecule has 0 atom stereocenters. The van der Waals surface area contributed by atoms with Gasteiger partial charge in [-0.3, -0.25) is 9.59 Å². The number of hydrogen-bond donors (Lipinski definition) is 2. The number of nitrogens with zero attached hydrogens (tertiary/aromatic N) is 2. The molecule has 0 aliphatic carbocycles. The predicted octanol–water partition coefficient (Wildman–Crippen LogP) is 0.431. The van der Waals surface area contributed by atoms with Crippen LogP contribution in [0.2, 0.25) is 0 Å². The smallest absolute Gasteiger partial charge is 0.252 e. The summed E-state index contributed by atoms with van der Waals surface area (Å²) in [5, 5.41) is 2.86. The molecule has 0 bridgehead atoms.